The summed E-state index contributed by atoms with van der Waals surface area (Å²) in [6.45, 7) is 7.24. The Kier molecular flexibility index (Phi) is 2.38. The van der Waals surface area contributed by atoms with Gasteiger partial charge in [-0.3, -0.25) is 0 Å². The van der Waals surface area contributed by atoms with Gasteiger partial charge < -0.3 is 10.0 Å². The predicted octanol–water partition coefficient (Wildman–Crippen LogP) is 1.05. The molecule has 1 unspecified atom stereocenters. The van der Waals surface area contributed by atoms with Gasteiger partial charge in [0.05, 0.1) is 5.60 Å². The maximum atomic E-state index is 9.87. The largest absolute Gasteiger partial charge is 0.388 e. The molecule has 1 atom stereocenters. The van der Waals surface area contributed by atoms with Gasteiger partial charge in [0.15, 0.2) is 0 Å². The van der Waals surface area contributed by atoms with Crippen molar-refractivity contribution in [1.29, 1.82) is 0 Å². The number of β-amino-alcohol motifs (C(OH)–C–C–N with tert-alkyl or cyclic N) is 1. The average Bonchev–Trinajstić information content (AvgIpc) is 2.44. The summed E-state index contributed by atoms with van der Waals surface area (Å²) in [7, 11) is 0. The first-order valence-electron chi connectivity index (χ1n) is 5.26. The molecule has 82 valence electrons. The van der Waals surface area contributed by atoms with Crippen LogP contribution in [0.4, 0.5) is 5.95 Å². The molecule has 1 aromatic rings. The van der Waals surface area contributed by atoms with Gasteiger partial charge in [-0.05, 0) is 33.3 Å². The highest BCUT2D eigenvalue weighted by Crippen LogP contribution is 2.23. The van der Waals surface area contributed by atoms with Gasteiger partial charge in [0.25, 0.3) is 0 Å². The summed E-state index contributed by atoms with van der Waals surface area (Å²) in [6.07, 6.45) is 0.781. The van der Waals surface area contributed by atoms with Crippen molar-refractivity contribution in [2.45, 2.75) is 32.8 Å². The van der Waals surface area contributed by atoms with E-state index in [2.05, 4.69) is 9.97 Å². The molecule has 0 radical (unpaired) electrons. The van der Waals surface area contributed by atoms with E-state index in [1.807, 2.05) is 31.7 Å². The summed E-state index contributed by atoms with van der Waals surface area (Å²) in [6, 6.07) is 1.96. The van der Waals surface area contributed by atoms with E-state index in [0.717, 1.165) is 30.3 Å². The highest BCUT2D eigenvalue weighted by molar-refractivity contribution is 5.34. The second-order valence-corrected chi connectivity index (χ2v) is 4.62. The molecule has 0 saturated carbocycles. The van der Waals surface area contributed by atoms with E-state index in [1.165, 1.54) is 0 Å². The Morgan fingerprint density at radius 2 is 1.93 bits per heavy atom. The Bertz CT molecular complexity index is 356. The lowest BCUT2D eigenvalue weighted by atomic mass is 10.1. The second kappa shape index (κ2) is 3.45. The molecule has 4 nitrogen and oxygen atoms in total. The van der Waals surface area contributed by atoms with E-state index in [0.29, 0.717) is 6.54 Å². The first kappa shape index (κ1) is 10.4. The third kappa shape index (κ3) is 2.26. The lowest BCUT2D eigenvalue weighted by Crippen LogP contribution is -2.30. The third-order valence-electron chi connectivity index (χ3n) is 2.71. The van der Waals surface area contributed by atoms with Crippen LogP contribution in [-0.2, 0) is 0 Å². The van der Waals surface area contributed by atoms with Crippen molar-refractivity contribution in [1.82, 2.24) is 9.97 Å². The highest BCUT2D eigenvalue weighted by atomic mass is 16.3. The van der Waals surface area contributed by atoms with E-state index in [-0.39, 0.29) is 0 Å². The quantitative estimate of drug-likeness (QED) is 0.748. The SMILES string of the molecule is Cc1cc(C)nc(N2CCC(C)(O)C2)n1. The number of rotatable bonds is 1. The molecular formula is C11H17N3O. The Labute approximate surface area is 90.0 Å². The number of anilines is 1. The van der Waals surface area contributed by atoms with Crippen molar-refractivity contribution in [2.24, 2.45) is 0 Å². The summed E-state index contributed by atoms with van der Waals surface area (Å²) in [5.41, 5.74) is 1.36. The minimum Gasteiger partial charge on any atom is -0.388 e. The number of aryl methyl sites for hydroxylation is 2. The fourth-order valence-corrected chi connectivity index (χ4v) is 1.96. The molecule has 1 aliphatic rings. The van der Waals surface area contributed by atoms with Crippen molar-refractivity contribution >= 4 is 5.95 Å². The van der Waals surface area contributed by atoms with Crippen molar-refractivity contribution in [3.8, 4) is 0 Å². The predicted molar refractivity (Wildman–Crippen MR) is 59.0 cm³/mol. The van der Waals surface area contributed by atoms with Gasteiger partial charge >= 0.3 is 0 Å². The third-order valence-corrected chi connectivity index (χ3v) is 2.71. The molecule has 2 heterocycles. The number of aromatic nitrogens is 2. The minimum atomic E-state index is -0.596. The maximum Gasteiger partial charge on any atom is 0.225 e. The lowest BCUT2D eigenvalue weighted by molar-refractivity contribution is 0.0838. The van der Waals surface area contributed by atoms with Crippen molar-refractivity contribution < 1.29 is 5.11 Å². The van der Waals surface area contributed by atoms with Crippen LogP contribution in [0.3, 0.4) is 0 Å². The molecule has 1 saturated heterocycles. The molecule has 2 rings (SSSR count). The Morgan fingerprint density at radius 1 is 1.33 bits per heavy atom. The van der Waals surface area contributed by atoms with Crippen LogP contribution in [0.5, 0.6) is 0 Å². The number of nitrogens with zero attached hydrogens (tertiary/aromatic N) is 3. The van der Waals surface area contributed by atoms with E-state index in [9.17, 15) is 5.11 Å². The lowest BCUT2D eigenvalue weighted by Gasteiger charge is -2.19. The zero-order valence-electron chi connectivity index (χ0n) is 9.49. The monoisotopic (exact) mass is 207 g/mol. The molecule has 0 spiro atoms. The van der Waals surface area contributed by atoms with Gasteiger partial charge in [0, 0.05) is 24.5 Å². The summed E-state index contributed by atoms with van der Waals surface area (Å²) in [4.78, 5) is 10.8. The van der Waals surface area contributed by atoms with Crippen LogP contribution in [0.2, 0.25) is 0 Å². The highest BCUT2D eigenvalue weighted by Gasteiger charge is 2.32. The zero-order chi connectivity index (χ0) is 11.1. The summed E-state index contributed by atoms with van der Waals surface area (Å²) in [5.74, 6) is 0.741. The van der Waals surface area contributed by atoms with Crippen molar-refractivity contribution in [3.63, 3.8) is 0 Å². The molecule has 0 aromatic carbocycles. The minimum absolute atomic E-state index is 0.596. The van der Waals surface area contributed by atoms with E-state index >= 15 is 0 Å². The van der Waals surface area contributed by atoms with Gasteiger partial charge in [-0.25, -0.2) is 9.97 Å². The van der Waals surface area contributed by atoms with Crippen LogP contribution in [0, 0.1) is 13.8 Å². The first-order valence-corrected chi connectivity index (χ1v) is 5.26. The normalized spacial score (nSPS) is 26.0. The molecule has 0 bridgehead atoms. The maximum absolute atomic E-state index is 9.87. The standard InChI is InChI=1S/C11H17N3O/c1-8-6-9(2)13-10(12-8)14-5-4-11(3,15)7-14/h6,15H,4-5,7H2,1-3H3. The summed E-state index contributed by atoms with van der Waals surface area (Å²) >= 11 is 0. The van der Waals surface area contributed by atoms with Gasteiger partial charge in [-0.1, -0.05) is 0 Å². The molecule has 1 N–H and O–H groups in total. The molecule has 1 aliphatic heterocycles. The van der Waals surface area contributed by atoms with Crippen LogP contribution >= 0.6 is 0 Å². The van der Waals surface area contributed by atoms with Crippen molar-refractivity contribution in [2.75, 3.05) is 18.0 Å². The van der Waals surface area contributed by atoms with Crippen molar-refractivity contribution in [3.05, 3.63) is 17.5 Å². The van der Waals surface area contributed by atoms with E-state index in [4.69, 9.17) is 0 Å². The van der Waals surface area contributed by atoms with Crippen LogP contribution in [0.25, 0.3) is 0 Å². The average molecular weight is 207 g/mol. The molecule has 0 aliphatic carbocycles. The molecule has 15 heavy (non-hydrogen) atoms. The molecule has 0 amide bonds. The van der Waals surface area contributed by atoms with Crippen LogP contribution in [-0.4, -0.2) is 33.8 Å². The first-order chi connectivity index (χ1) is 6.96. The van der Waals surface area contributed by atoms with Crippen LogP contribution in [0.1, 0.15) is 24.7 Å². The molecule has 1 aromatic heterocycles. The fourth-order valence-electron chi connectivity index (χ4n) is 1.96. The Hall–Kier alpha value is -1.16. The van der Waals surface area contributed by atoms with Gasteiger partial charge in [0.2, 0.25) is 5.95 Å². The number of hydrogen-bond acceptors (Lipinski definition) is 4. The van der Waals surface area contributed by atoms with E-state index in [1.54, 1.807) is 0 Å². The van der Waals surface area contributed by atoms with Gasteiger partial charge in [-0.15, -0.1) is 0 Å². The van der Waals surface area contributed by atoms with Crippen LogP contribution in [0.15, 0.2) is 6.07 Å². The molecule has 4 heteroatoms. The zero-order valence-corrected chi connectivity index (χ0v) is 9.49. The Morgan fingerprint density at radius 3 is 2.40 bits per heavy atom. The summed E-state index contributed by atoms with van der Waals surface area (Å²) in [5, 5.41) is 9.87. The topological polar surface area (TPSA) is 49.2 Å². The van der Waals surface area contributed by atoms with Gasteiger partial charge in [-0.2, -0.15) is 0 Å². The van der Waals surface area contributed by atoms with Crippen LogP contribution < -0.4 is 4.90 Å². The van der Waals surface area contributed by atoms with E-state index < -0.39 is 5.60 Å². The smallest absolute Gasteiger partial charge is 0.225 e. The summed E-state index contributed by atoms with van der Waals surface area (Å²) < 4.78 is 0. The number of aliphatic hydroxyl groups is 1. The Balaban J connectivity index is 2.24. The molecular weight excluding hydrogens is 190 g/mol. The fraction of sp³-hybridized carbons (Fsp3) is 0.636. The van der Waals surface area contributed by atoms with Gasteiger partial charge in [0.1, 0.15) is 0 Å². The second-order valence-electron chi connectivity index (χ2n) is 4.62. The molecule has 1 fully saturated rings. The number of hydrogen-bond donors (Lipinski definition) is 1.